The first-order valence-electron chi connectivity index (χ1n) is 7.89. The summed E-state index contributed by atoms with van der Waals surface area (Å²) in [7, 11) is 0. The molecule has 0 aromatic rings. The van der Waals surface area contributed by atoms with Crippen LogP contribution in [0.2, 0.25) is 0 Å². The Bertz CT molecular complexity index is 309. The highest BCUT2D eigenvalue weighted by Gasteiger charge is 2.43. The van der Waals surface area contributed by atoms with Gasteiger partial charge in [0.15, 0.2) is 5.96 Å². The summed E-state index contributed by atoms with van der Waals surface area (Å²) in [6.45, 7) is 0.944. The minimum absolute atomic E-state index is 0. The molecule has 19 heavy (non-hydrogen) atoms. The van der Waals surface area contributed by atoms with E-state index >= 15 is 0 Å². The zero-order valence-electron chi connectivity index (χ0n) is 11.8. The lowest BCUT2D eigenvalue weighted by molar-refractivity contribution is 0.315. The van der Waals surface area contributed by atoms with Gasteiger partial charge in [0.25, 0.3) is 0 Å². The molecule has 0 aromatic carbocycles. The fraction of sp³-hybridized carbons (Fsp3) is 0.933. The van der Waals surface area contributed by atoms with Crippen molar-refractivity contribution in [2.75, 3.05) is 6.54 Å². The normalized spacial score (nSPS) is 32.3. The van der Waals surface area contributed by atoms with Crippen molar-refractivity contribution in [3.8, 4) is 0 Å². The molecule has 2 atom stereocenters. The van der Waals surface area contributed by atoms with Crippen LogP contribution >= 0.6 is 24.0 Å². The molecule has 3 aliphatic carbocycles. The second kappa shape index (κ2) is 7.14. The predicted octanol–water partition coefficient (Wildman–Crippen LogP) is 3.28. The SMILES string of the molecule is I.NC(=NCC1CCC1)N[C@@H]1C[C@H]1C1CCCCC1. The molecule has 0 amide bonds. The van der Waals surface area contributed by atoms with Gasteiger partial charge in [0, 0.05) is 12.6 Å². The van der Waals surface area contributed by atoms with Crippen LogP contribution in [0.5, 0.6) is 0 Å². The summed E-state index contributed by atoms with van der Waals surface area (Å²) in [5.74, 6) is 3.38. The minimum Gasteiger partial charge on any atom is -0.370 e. The van der Waals surface area contributed by atoms with Crippen molar-refractivity contribution in [1.82, 2.24) is 5.32 Å². The van der Waals surface area contributed by atoms with Gasteiger partial charge < -0.3 is 11.1 Å². The number of hydrogen-bond acceptors (Lipinski definition) is 1. The molecule has 3 aliphatic rings. The van der Waals surface area contributed by atoms with Gasteiger partial charge >= 0.3 is 0 Å². The lowest BCUT2D eigenvalue weighted by Crippen LogP contribution is -2.35. The van der Waals surface area contributed by atoms with Gasteiger partial charge in [0.05, 0.1) is 0 Å². The van der Waals surface area contributed by atoms with Crippen LogP contribution in [-0.2, 0) is 0 Å². The summed E-state index contributed by atoms with van der Waals surface area (Å²) in [4.78, 5) is 4.49. The van der Waals surface area contributed by atoms with Crippen molar-refractivity contribution in [2.45, 2.75) is 63.8 Å². The molecule has 3 rings (SSSR count). The second-order valence-electron chi connectivity index (χ2n) is 6.57. The summed E-state index contributed by atoms with van der Waals surface area (Å²) in [6.07, 6.45) is 12.6. The van der Waals surface area contributed by atoms with Crippen molar-refractivity contribution < 1.29 is 0 Å². The van der Waals surface area contributed by atoms with Gasteiger partial charge in [-0.25, -0.2) is 0 Å². The highest BCUT2D eigenvalue weighted by molar-refractivity contribution is 14.0. The third kappa shape index (κ3) is 4.23. The molecule has 4 heteroatoms. The van der Waals surface area contributed by atoms with Gasteiger partial charge in [-0.05, 0) is 37.0 Å². The molecule has 0 heterocycles. The molecule has 0 aromatic heterocycles. The Morgan fingerprint density at radius 3 is 2.42 bits per heavy atom. The fourth-order valence-corrected chi connectivity index (χ4v) is 3.60. The molecule has 0 spiro atoms. The standard InChI is InChI=1S/C15H27N3.HI/c16-15(17-10-11-5-4-6-11)18-14-9-13(14)12-7-2-1-3-8-12;/h11-14H,1-10H2,(H3,16,17,18);1H/t13-,14+;/m0./s1. The summed E-state index contributed by atoms with van der Waals surface area (Å²) < 4.78 is 0. The highest BCUT2D eigenvalue weighted by Crippen LogP contribution is 2.44. The molecule has 0 unspecified atom stereocenters. The molecule has 3 fully saturated rings. The first kappa shape index (κ1) is 15.4. The lowest BCUT2D eigenvalue weighted by atomic mass is 9.85. The van der Waals surface area contributed by atoms with Crippen molar-refractivity contribution in [3.63, 3.8) is 0 Å². The third-order valence-electron chi connectivity index (χ3n) is 5.17. The number of rotatable bonds is 4. The third-order valence-corrected chi connectivity index (χ3v) is 5.17. The van der Waals surface area contributed by atoms with E-state index in [2.05, 4.69) is 10.3 Å². The number of nitrogens with two attached hydrogens (primary N) is 1. The van der Waals surface area contributed by atoms with Crippen LogP contribution < -0.4 is 11.1 Å². The second-order valence-corrected chi connectivity index (χ2v) is 6.57. The summed E-state index contributed by atoms with van der Waals surface area (Å²) >= 11 is 0. The number of nitrogens with zero attached hydrogens (tertiary/aromatic N) is 1. The molecule has 0 saturated heterocycles. The van der Waals surface area contributed by atoms with Gasteiger partial charge in [-0.15, -0.1) is 24.0 Å². The van der Waals surface area contributed by atoms with Crippen LogP contribution in [0.4, 0.5) is 0 Å². The van der Waals surface area contributed by atoms with Crippen molar-refractivity contribution in [1.29, 1.82) is 0 Å². The Balaban J connectivity index is 0.00000133. The topological polar surface area (TPSA) is 50.4 Å². The smallest absolute Gasteiger partial charge is 0.188 e. The van der Waals surface area contributed by atoms with Crippen LogP contribution in [0.15, 0.2) is 4.99 Å². The Morgan fingerprint density at radius 1 is 1.05 bits per heavy atom. The van der Waals surface area contributed by atoms with Crippen LogP contribution in [0, 0.1) is 17.8 Å². The van der Waals surface area contributed by atoms with E-state index in [1.54, 1.807) is 0 Å². The number of guanidine groups is 1. The minimum atomic E-state index is 0. The molecule has 110 valence electrons. The van der Waals surface area contributed by atoms with Crippen LogP contribution in [0.3, 0.4) is 0 Å². The van der Waals surface area contributed by atoms with Gasteiger partial charge in [0.2, 0.25) is 0 Å². The van der Waals surface area contributed by atoms with E-state index in [1.165, 1.54) is 57.8 Å². The quantitative estimate of drug-likeness (QED) is 0.449. The van der Waals surface area contributed by atoms with Gasteiger partial charge in [0.1, 0.15) is 0 Å². The Morgan fingerprint density at radius 2 is 1.79 bits per heavy atom. The lowest BCUT2D eigenvalue weighted by Gasteiger charge is -2.23. The fourth-order valence-electron chi connectivity index (χ4n) is 3.60. The van der Waals surface area contributed by atoms with Crippen LogP contribution in [0.1, 0.15) is 57.8 Å². The largest absolute Gasteiger partial charge is 0.370 e. The molecule has 0 radical (unpaired) electrons. The molecule has 3 nitrogen and oxygen atoms in total. The zero-order valence-corrected chi connectivity index (χ0v) is 14.1. The molecular weight excluding hydrogens is 349 g/mol. The van der Waals surface area contributed by atoms with E-state index in [9.17, 15) is 0 Å². The van der Waals surface area contributed by atoms with Gasteiger partial charge in [-0.1, -0.05) is 38.5 Å². The Hall–Kier alpha value is 0. The van der Waals surface area contributed by atoms with E-state index < -0.39 is 0 Å². The van der Waals surface area contributed by atoms with Crippen molar-refractivity contribution in [3.05, 3.63) is 0 Å². The van der Waals surface area contributed by atoms with E-state index in [0.717, 1.165) is 24.3 Å². The van der Waals surface area contributed by atoms with E-state index in [0.29, 0.717) is 12.0 Å². The maximum Gasteiger partial charge on any atom is 0.188 e. The van der Waals surface area contributed by atoms with Crippen molar-refractivity contribution >= 4 is 29.9 Å². The number of halogens is 1. The summed E-state index contributed by atoms with van der Waals surface area (Å²) in [5.41, 5.74) is 5.97. The van der Waals surface area contributed by atoms with Gasteiger partial charge in [-0.3, -0.25) is 4.99 Å². The summed E-state index contributed by atoms with van der Waals surface area (Å²) in [5, 5.41) is 3.43. The average molecular weight is 377 g/mol. The highest BCUT2D eigenvalue weighted by atomic mass is 127. The first-order chi connectivity index (χ1) is 8.83. The van der Waals surface area contributed by atoms with Crippen LogP contribution in [0.25, 0.3) is 0 Å². The Kier molecular flexibility index (Phi) is 5.78. The average Bonchev–Trinajstić information content (AvgIpc) is 3.07. The van der Waals surface area contributed by atoms with E-state index in [1.807, 2.05) is 0 Å². The number of aliphatic imine (C=N–C) groups is 1. The number of hydrogen-bond donors (Lipinski definition) is 2. The molecule has 3 saturated carbocycles. The zero-order chi connectivity index (χ0) is 12.4. The maximum absolute atomic E-state index is 5.97. The van der Waals surface area contributed by atoms with Gasteiger partial charge in [-0.2, -0.15) is 0 Å². The summed E-state index contributed by atoms with van der Waals surface area (Å²) in [6, 6.07) is 0.637. The van der Waals surface area contributed by atoms with E-state index in [4.69, 9.17) is 5.73 Å². The van der Waals surface area contributed by atoms with E-state index in [-0.39, 0.29) is 24.0 Å². The van der Waals surface area contributed by atoms with Crippen LogP contribution in [-0.4, -0.2) is 18.5 Å². The van der Waals surface area contributed by atoms with Crippen molar-refractivity contribution in [2.24, 2.45) is 28.5 Å². The molecular formula is C15H28IN3. The Labute approximate surface area is 134 Å². The number of nitrogens with one attached hydrogen (secondary N) is 1. The predicted molar refractivity (Wildman–Crippen MR) is 90.9 cm³/mol. The molecule has 0 aliphatic heterocycles. The molecule has 0 bridgehead atoms. The maximum atomic E-state index is 5.97. The molecule has 3 N–H and O–H groups in total. The first-order valence-corrected chi connectivity index (χ1v) is 7.89. The monoisotopic (exact) mass is 377 g/mol.